The number of nitrogens with zero attached hydrogens (tertiary/aromatic N) is 3. The van der Waals surface area contributed by atoms with Crippen LogP contribution < -0.4 is 10.2 Å². The molecule has 1 aromatic carbocycles. The van der Waals surface area contributed by atoms with Crippen LogP contribution in [0, 0.1) is 10.1 Å². The molecular weight excluding hydrogens is 308 g/mol. The Morgan fingerprint density at radius 3 is 2.54 bits per heavy atom. The molecular formula is C17H24N4O3. The largest absolute Gasteiger partial charge is 0.362 e. The van der Waals surface area contributed by atoms with Gasteiger partial charge in [0.2, 0.25) is 5.91 Å². The van der Waals surface area contributed by atoms with Crippen LogP contribution in [0.4, 0.5) is 11.4 Å². The molecule has 2 aliphatic heterocycles. The van der Waals surface area contributed by atoms with Crippen molar-refractivity contribution in [1.82, 2.24) is 10.2 Å². The van der Waals surface area contributed by atoms with Crippen LogP contribution in [-0.2, 0) is 4.79 Å². The van der Waals surface area contributed by atoms with E-state index in [1.54, 1.807) is 12.1 Å². The smallest absolute Gasteiger partial charge is 0.292 e. The number of piperazine rings is 1. The fourth-order valence-corrected chi connectivity index (χ4v) is 3.62. The summed E-state index contributed by atoms with van der Waals surface area (Å²) in [5, 5.41) is 14.6. The van der Waals surface area contributed by atoms with E-state index < -0.39 is 5.54 Å². The molecule has 2 saturated heterocycles. The predicted molar refractivity (Wildman–Crippen MR) is 92.1 cm³/mol. The number of carbonyl (C=O) groups is 1. The number of hydrogen-bond donors (Lipinski definition) is 1. The number of piperidine rings is 1. The third-order valence-corrected chi connectivity index (χ3v) is 5.08. The Bertz CT molecular complexity index is 620. The first-order valence-electron chi connectivity index (χ1n) is 8.54. The molecule has 0 saturated carbocycles. The van der Waals surface area contributed by atoms with Crippen LogP contribution in [0.15, 0.2) is 24.3 Å². The van der Waals surface area contributed by atoms with Gasteiger partial charge in [-0.15, -0.1) is 0 Å². The Hall–Kier alpha value is -2.15. The highest BCUT2D eigenvalue weighted by Gasteiger charge is 2.38. The fraction of sp³-hybridized carbons (Fsp3) is 0.588. The van der Waals surface area contributed by atoms with Crippen LogP contribution in [0.2, 0.25) is 0 Å². The first kappa shape index (κ1) is 16.7. The number of anilines is 1. The van der Waals surface area contributed by atoms with Crippen molar-refractivity contribution in [3.05, 3.63) is 34.4 Å². The summed E-state index contributed by atoms with van der Waals surface area (Å²) in [6, 6.07) is 6.79. The number of carbonyl (C=O) groups excluding carboxylic acids is 1. The number of hydrogen-bond acceptors (Lipinski definition) is 5. The number of benzene rings is 1. The lowest BCUT2D eigenvalue weighted by Gasteiger charge is -2.42. The second-order valence-electron chi connectivity index (χ2n) is 6.74. The molecule has 7 nitrogen and oxygen atoms in total. The van der Waals surface area contributed by atoms with E-state index in [1.165, 1.54) is 6.07 Å². The molecule has 0 aliphatic carbocycles. The zero-order valence-corrected chi connectivity index (χ0v) is 14.0. The molecule has 1 N–H and O–H groups in total. The van der Waals surface area contributed by atoms with Gasteiger partial charge in [0, 0.05) is 32.2 Å². The summed E-state index contributed by atoms with van der Waals surface area (Å²) >= 11 is 0. The van der Waals surface area contributed by atoms with Crippen molar-refractivity contribution in [3.63, 3.8) is 0 Å². The summed E-state index contributed by atoms with van der Waals surface area (Å²) in [4.78, 5) is 27.6. The Morgan fingerprint density at radius 1 is 1.21 bits per heavy atom. The minimum atomic E-state index is -0.459. The van der Waals surface area contributed by atoms with Crippen LogP contribution in [0.5, 0.6) is 0 Å². The van der Waals surface area contributed by atoms with E-state index in [1.807, 2.05) is 22.8 Å². The third-order valence-electron chi connectivity index (χ3n) is 5.08. The van der Waals surface area contributed by atoms with E-state index in [0.717, 1.165) is 25.8 Å². The highest BCUT2D eigenvalue weighted by Crippen LogP contribution is 2.29. The molecule has 1 atom stereocenters. The minimum absolute atomic E-state index is 0.123. The monoisotopic (exact) mass is 332 g/mol. The van der Waals surface area contributed by atoms with E-state index in [0.29, 0.717) is 31.9 Å². The average molecular weight is 332 g/mol. The van der Waals surface area contributed by atoms with Gasteiger partial charge in [-0.05, 0) is 38.8 Å². The Kier molecular flexibility index (Phi) is 4.71. The van der Waals surface area contributed by atoms with Gasteiger partial charge in [-0.1, -0.05) is 12.1 Å². The fourth-order valence-electron chi connectivity index (χ4n) is 3.62. The third kappa shape index (κ3) is 3.21. The summed E-state index contributed by atoms with van der Waals surface area (Å²) in [7, 11) is 0. The van der Waals surface area contributed by atoms with Crippen LogP contribution in [0.3, 0.4) is 0 Å². The number of nitro benzene ring substituents is 1. The lowest BCUT2D eigenvalue weighted by Crippen LogP contribution is -2.61. The van der Waals surface area contributed by atoms with Crippen LogP contribution in [0.1, 0.15) is 26.2 Å². The van der Waals surface area contributed by atoms with Crippen molar-refractivity contribution < 1.29 is 9.72 Å². The van der Waals surface area contributed by atoms with Gasteiger partial charge in [0.1, 0.15) is 5.69 Å². The molecule has 1 amide bonds. The maximum Gasteiger partial charge on any atom is 0.292 e. The maximum absolute atomic E-state index is 12.8. The predicted octanol–water partition coefficient (Wildman–Crippen LogP) is 1.78. The second kappa shape index (κ2) is 6.76. The van der Waals surface area contributed by atoms with E-state index in [2.05, 4.69) is 5.32 Å². The molecule has 0 aromatic heterocycles. The molecule has 7 heteroatoms. The summed E-state index contributed by atoms with van der Waals surface area (Å²) in [5.74, 6) is 0.157. The van der Waals surface area contributed by atoms with E-state index in [4.69, 9.17) is 0 Å². The van der Waals surface area contributed by atoms with Crippen molar-refractivity contribution in [1.29, 1.82) is 0 Å². The van der Waals surface area contributed by atoms with Gasteiger partial charge in [-0.2, -0.15) is 0 Å². The van der Waals surface area contributed by atoms with Crippen LogP contribution in [0.25, 0.3) is 0 Å². The van der Waals surface area contributed by atoms with Gasteiger partial charge in [-0.25, -0.2) is 0 Å². The molecule has 0 radical (unpaired) electrons. The molecule has 1 unspecified atom stereocenters. The first-order chi connectivity index (χ1) is 11.5. The van der Waals surface area contributed by atoms with E-state index >= 15 is 0 Å². The molecule has 3 rings (SSSR count). The van der Waals surface area contributed by atoms with Gasteiger partial charge in [0.25, 0.3) is 5.69 Å². The van der Waals surface area contributed by atoms with Crippen LogP contribution in [-0.4, -0.2) is 54.0 Å². The maximum atomic E-state index is 12.8. The molecule has 1 aromatic rings. The zero-order chi connectivity index (χ0) is 17.2. The molecule has 130 valence electrons. The van der Waals surface area contributed by atoms with Gasteiger partial charge in [0.05, 0.1) is 10.5 Å². The Labute approximate surface area is 141 Å². The van der Waals surface area contributed by atoms with Gasteiger partial charge < -0.3 is 15.1 Å². The van der Waals surface area contributed by atoms with Crippen LogP contribution >= 0.6 is 0 Å². The molecule has 2 fully saturated rings. The molecule has 24 heavy (non-hydrogen) atoms. The van der Waals surface area contributed by atoms with Crippen molar-refractivity contribution in [2.45, 2.75) is 31.7 Å². The Morgan fingerprint density at radius 2 is 1.92 bits per heavy atom. The van der Waals surface area contributed by atoms with E-state index in [9.17, 15) is 14.9 Å². The quantitative estimate of drug-likeness (QED) is 0.674. The number of nitro groups is 1. The van der Waals surface area contributed by atoms with Gasteiger partial charge in [-0.3, -0.25) is 14.9 Å². The van der Waals surface area contributed by atoms with Crippen molar-refractivity contribution in [3.8, 4) is 0 Å². The normalized spacial score (nSPS) is 24.7. The minimum Gasteiger partial charge on any atom is -0.362 e. The molecule has 0 bridgehead atoms. The first-order valence-corrected chi connectivity index (χ1v) is 8.54. The summed E-state index contributed by atoms with van der Waals surface area (Å²) < 4.78 is 0. The molecule has 0 spiro atoms. The Balaban J connectivity index is 1.66. The zero-order valence-electron chi connectivity index (χ0n) is 14.0. The number of nitrogens with one attached hydrogen (secondary N) is 1. The number of para-hydroxylation sites is 2. The summed E-state index contributed by atoms with van der Waals surface area (Å²) in [5.41, 5.74) is 0.300. The lowest BCUT2D eigenvalue weighted by molar-refractivity contribution is -0.384. The highest BCUT2D eigenvalue weighted by molar-refractivity contribution is 5.86. The lowest BCUT2D eigenvalue weighted by atomic mass is 9.89. The average Bonchev–Trinajstić information content (AvgIpc) is 2.62. The number of amides is 1. The van der Waals surface area contributed by atoms with E-state index in [-0.39, 0.29) is 16.5 Å². The highest BCUT2D eigenvalue weighted by atomic mass is 16.6. The SMILES string of the molecule is CC1(C(=O)N2CCN(c3ccccc3[N+](=O)[O-])CC2)CCCCN1. The summed E-state index contributed by atoms with van der Waals surface area (Å²) in [6.45, 7) is 5.31. The standard InChI is InChI=1S/C17H24N4O3/c1-17(8-4-5-9-18-17)16(22)20-12-10-19(11-13-20)14-6-2-3-7-15(14)21(23)24/h2-3,6-7,18H,4-5,8-13H2,1H3. The van der Waals surface area contributed by atoms with Gasteiger partial charge >= 0.3 is 0 Å². The van der Waals surface area contributed by atoms with Crippen molar-refractivity contribution in [2.24, 2.45) is 0 Å². The van der Waals surface area contributed by atoms with Crippen molar-refractivity contribution in [2.75, 3.05) is 37.6 Å². The van der Waals surface area contributed by atoms with Crippen molar-refractivity contribution >= 4 is 17.3 Å². The topological polar surface area (TPSA) is 78.7 Å². The van der Waals surface area contributed by atoms with Gasteiger partial charge in [0.15, 0.2) is 0 Å². The number of rotatable bonds is 3. The second-order valence-corrected chi connectivity index (χ2v) is 6.74. The molecule has 2 heterocycles. The molecule has 2 aliphatic rings. The summed E-state index contributed by atoms with van der Waals surface area (Å²) in [6.07, 6.45) is 3.07.